The minimum atomic E-state index is -2.98. The monoisotopic (exact) mass is 395 g/mol. The van der Waals surface area contributed by atoms with E-state index in [0.717, 1.165) is 31.4 Å². The smallest absolute Gasteiger partial charge is 0.233 e. The Morgan fingerprint density at radius 3 is 2.54 bits per heavy atom. The fourth-order valence-electron chi connectivity index (χ4n) is 4.16. The van der Waals surface area contributed by atoms with Gasteiger partial charge in [-0.05, 0) is 44.2 Å². The molecule has 4 nitrogen and oxygen atoms in total. The first-order valence-electron chi connectivity index (χ1n) is 9.51. The predicted octanol–water partition coefficient (Wildman–Crippen LogP) is 3.49. The molecule has 1 aliphatic heterocycles. The Kier molecular flexibility index (Phi) is 6.33. The van der Waals surface area contributed by atoms with Gasteiger partial charge in [0.05, 0.1) is 17.3 Å². The molecule has 0 N–H and O–H groups in total. The van der Waals surface area contributed by atoms with Gasteiger partial charge in [-0.15, -0.1) is 11.8 Å². The van der Waals surface area contributed by atoms with Crippen LogP contribution in [0.3, 0.4) is 0 Å². The molecule has 0 aromatic heterocycles. The Morgan fingerprint density at radius 1 is 1.15 bits per heavy atom. The van der Waals surface area contributed by atoms with Crippen molar-refractivity contribution in [2.24, 2.45) is 0 Å². The van der Waals surface area contributed by atoms with Crippen LogP contribution >= 0.6 is 11.8 Å². The van der Waals surface area contributed by atoms with E-state index in [1.54, 1.807) is 11.8 Å². The Morgan fingerprint density at radius 2 is 1.88 bits per heavy atom. The van der Waals surface area contributed by atoms with Crippen LogP contribution in [0, 0.1) is 13.8 Å². The van der Waals surface area contributed by atoms with Crippen LogP contribution < -0.4 is 0 Å². The number of hydrogen-bond donors (Lipinski definition) is 0. The third-order valence-electron chi connectivity index (χ3n) is 5.60. The lowest BCUT2D eigenvalue weighted by Crippen LogP contribution is -2.47. The Bertz CT molecular complexity index is 754. The lowest BCUT2D eigenvalue weighted by molar-refractivity contribution is -0.132. The van der Waals surface area contributed by atoms with Crippen molar-refractivity contribution in [3.8, 4) is 0 Å². The highest BCUT2D eigenvalue weighted by Gasteiger charge is 2.38. The lowest BCUT2D eigenvalue weighted by Gasteiger charge is -2.34. The number of rotatable bonds is 6. The van der Waals surface area contributed by atoms with Crippen LogP contribution in [0.15, 0.2) is 18.2 Å². The summed E-state index contributed by atoms with van der Waals surface area (Å²) in [6.07, 6.45) is 4.92. The fraction of sp³-hybridized carbons (Fsp3) is 0.650. The number of amides is 1. The highest BCUT2D eigenvalue weighted by molar-refractivity contribution is 7.99. The van der Waals surface area contributed by atoms with Crippen LogP contribution in [-0.4, -0.2) is 48.6 Å². The van der Waals surface area contributed by atoms with E-state index in [1.165, 1.54) is 16.7 Å². The fourth-order valence-corrected chi connectivity index (χ4v) is 6.83. The molecule has 2 aliphatic rings. The molecule has 6 heteroatoms. The molecule has 1 heterocycles. The number of thioether (sulfide) groups is 1. The molecule has 1 saturated carbocycles. The highest BCUT2D eigenvalue weighted by atomic mass is 32.2. The van der Waals surface area contributed by atoms with Crippen molar-refractivity contribution in [1.29, 1.82) is 0 Å². The molecular formula is C20H29NO3S2. The topological polar surface area (TPSA) is 54.5 Å². The normalized spacial score (nSPS) is 22.6. The SMILES string of the molecule is Cc1ccc(C)c(CSCC(=O)N(C2CCCC2)C2CCS(=O)(=O)C2)c1. The van der Waals surface area contributed by atoms with E-state index in [1.807, 2.05) is 4.90 Å². The van der Waals surface area contributed by atoms with Crippen molar-refractivity contribution in [3.63, 3.8) is 0 Å². The molecule has 1 aromatic rings. The molecule has 1 saturated heterocycles. The molecule has 2 fully saturated rings. The van der Waals surface area contributed by atoms with Crippen LogP contribution in [0.4, 0.5) is 0 Å². The molecule has 1 atom stereocenters. The summed E-state index contributed by atoms with van der Waals surface area (Å²) in [5.41, 5.74) is 3.77. The quantitative estimate of drug-likeness (QED) is 0.740. The van der Waals surface area contributed by atoms with E-state index in [0.29, 0.717) is 12.2 Å². The summed E-state index contributed by atoms with van der Waals surface area (Å²) in [5, 5.41) is 0. The zero-order valence-electron chi connectivity index (χ0n) is 15.7. The molecular weight excluding hydrogens is 366 g/mol. The van der Waals surface area contributed by atoms with E-state index in [9.17, 15) is 13.2 Å². The summed E-state index contributed by atoms with van der Waals surface area (Å²) in [7, 11) is -2.98. The second-order valence-electron chi connectivity index (χ2n) is 7.72. The van der Waals surface area contributed by atoms with Gasteiger partial charge in [-0.25, -0.2) is 8.42 Å². The summed E-state index contributed by atoms with van der Waals surface area (Å²) >= 11 is 1.64. The molecule has 0 bridgehead atoms. The summed E-state index contributed by atoms with van der Waals surface area (Å²) < 4.78 is 23.8. The van der Waals surface area contributed by atoms with Gasteiger partial charge in [0.1, 0.15) is 0 Å². The van der Waals surface area contributed by atoms with E-state index in [2.05, 4.69) is 32.0 Å². The van der Waals surface area contributed by atoms with Crippen molar-refractivity contribution >= 4 is 27.5 Å². The summed E-state index contributed by atoms with van der Waals surface area (Å²) in [4.78, 5) is 14.9. The second kappa shape index (κ2) is 8.34. The van der Waals surface area contributed by atoms with Crippen molar-refractivity contribution in [2.75, 3.05) is 17.3 Å². The third kappa shape index (κ3) is 4.83. The molecule has 144 valence electrons. The molecule has 0 spiro atoms. The van der Waals surface area contributed by atoms with Crippen molar-refractivity contribution in [2.45, 2.75) is 63.8 Å². The van der Waals surface area contributed by atoms with Gasteiger partial charge in [-0.2, -0.15) is 0 Å². The minimum Gasteiger partial charge on any atom is -0.335 e. The Hall–Kier alpha value is -1.01. The van der Waals surface area contributed by atoms with Gasteiger partial charge >= 0.3 is 0 Å². The average Bonchev–Trinajstić information content (AvgIpc) is 3.21. The lowest BCUT2D eigenvalue weighted by atomic mass is 10.1. The summed E-state index contributed by atoms with van der Waals surface area (Å²) in [5.74, 6) is 1.75. The van der Waals surface area contributed by atoms with Crippen LogP contribution in [-0.2, 0) is 20.4 Å². The first-order chi connectivity index (χ1) is 12.4. The maximum atomic E-state index is 13.0. The van der Waals surface area contributed by atoms with E-state index < -0.39 is 9.84 Å². The van der Waals surface area contributed by atoms with Gasteiger partial charge in [-0.1, -0.05) is 36.6 Å². The minimum absolute atomic E-state index is 0.114. The number of hydrogen-bond acceptors (Lipinski definition) is 4. The molecule has 1 amide bonds. The Labute approximate surface area is 161 Å². The van der Waals surface area contributed by atoms with Gasteiger partial charge in [-0.3, -0.25) is 4.79 Å². The van der Waals surface area contributed by atoms with E-state index in [-0.39, 0.29) is 29.5 Å². The zero-order chi connectivity index (χ0) is 18.7. The van der Waals surface area contributed by atoms with Gasteiger partial charge in [0, 0.05) is 17.8 Å². The van der Waals surface area contributed by atoms with Crippen molar-refractivity contribution < 1.29 is 13.2 Å². The highest BCUT2D eigenvalue weighted by Crippen LogP contribution is 2.30. The predicted molar refractivity (Wildman–Crippen MR) is 108 cm³/mol. The second-order valence-corrected chi connectivity index (χ2v) is 10.9. The standard InChI is InChI=1S/C20H29NO3S2/c1-15-7-8-16(2)17(11-15)12-25-13-20(22)21(18-5-3-4-6-18)19-9-10-26(23,24)14-19/h7-8,11,18-19H,3-6,9-10,12-14H2,1-2H3. The first kappa shape index (κ1) is 19.7. The van der Waals surface area contributed by atoms with Gasteiger partial charge in [0.15, 0.2) is 9.84 Å². The molecule has 26 heavy (non-hydrogen) atoms. The zero-order valence-corrected chi connectivity index (χ0v) is 17.4. The van der Waals surface area contributed by atoms with E-state index in [4.69, 9.17) is 0 Å². The van der Waals surface area contributed by atoms with Gasteiger partial charge in [0.25, 0.3) is 0 Å². The van der Waals surface area contributed by atoms with Gasteiger partial charge < -0.3 is 4.90 Å². The summed E-state index contributed by atoms with van der Waals surface area (Å²) in [6, 6.07) is 6.54. The molecule has 1 unspecified atom stereocenters. The Balaban J connectivity index is 1.63. The maximum absolute atomic E-state index is 13.0. The number of aryl methyl sites for hydroxylation is 2. The number of carbonyl (C=O) groups excluding carboxylic acids is 1. The number of carbonyl (C=O) groups is 1. The number of benzene rings is 1. The van der Waals surface area contributed by atoms with Crippen LogP contribution in [0.5, 0.6) is 0 Å². The molecule has 1 aromatic carbocycles. The number of sulfone groups is 1. The van der Waals surface area contributed by atoms with Crippen LogP contribution in [0.2, 0.25) is 0 Å². The third-order valence-corrected chi connectivity index (χ3v) is 8.31. The average molecular weight is 396 g/mol. The van der Waals surface area contributed by atoms with E-state index >= 15 is 0 Å². The van der Waals surface area contributed by atoms with Crippen LogP contribution in [0.1, 0.15) is 48.8 Å². The number of nitrogens with zero attached hydrogens (tertiary/aromatic N) is 1. The summed E-state index contributed by atoms with van der Waals surface area (Å²) in [6.45, 7) is 4.19. The van der Waals surface area contributed by atoms with Gasteiger partial charge in [0.2, 0.25) is 5.91 Å². The first-order valence-corrected chi connectivity index (χ1v) is 12.5. The largest absolute Gasteiger partial charge is 0.335 e. The molecule has 1 aliphatic carbocycles. The maximum Gasteiger partial charge on any atom is 0.233 e. The van der Waals surface area contributed by atoms with Crippen LogP contribution in [0.25, 0.3) is 0 Å². The molecule has 3 rings (SSSR count). The van der Waals surface area contributed by atoms with Crippen molar-refractivity contribution in [3.05, 3.63) is 34.9 Å². The molecule has 0 radical (unpaired) electrons. The van der Waals surface area contributed by atoms with Crippen molar-refractivity contribution in [1.82, 2.24) is 4.90 Å².